The number of hydrogen-bond donors (Lipinski definition) is 1. The smallest absolute Gasteiger partial charge is 0.227 e. The predicted molar refractivity (Wildman–Crippen MR) is 109 cm³/mol. The number of ether oxygens (including phenoxy) is 1. The molecule has 5 nitrogen and oxygen atoms in total. The topological polar surface area (TPSA) is 66.0 Å². The Morgan fingerprint density at radius 2 is 1.67 bits per heavy atom. The molecule has 0 aliphatic heterocycles. The molecule has 5 heteroatoms. The zero-order chi connectivity index (χ0) is 19.0. The highest BCUT2D eigenvalue weighted by Gasteiger charge is 2.19. The summed E-state index contributed by atoms with van der Waals surface area (Å²) in [5.74, 6) is 1.25. The molecule has 3 heterocycles. The Hall–Kier alpha value is -3.34. The normalized spacial score (nSPS) is 11.7. The van der Waals surface area contributed by atoms with E-state index in [4.69, 9.17) is 10.5 Å². The van der Waals surface area contributed by atoms with Crippen LogP contribution in [0, 0.1) is 0 Å². The van der Waals surface area contributed by atoms with Gasteiger partial charge in [0.25, 0.3) is 0 Å². The van der Waals surface area contributed by atoms with Gasteiger partial charge in [0.2, 0.25) is 5.88 Å². The van der Waals surface area contributed by atoms with Gasteiger partial charge in [-0.3, -0.25) is 0 Å². The molecule has 0 unspecified atom stereocenters. The first-order valence-corrected chi connectivity index (χ1v) is 8.89. The van der Waals surface area contributed by atoms with Gasteiger partial charge in [0.15, 0.2) is 0 Å². The number of nitrogens with two attached hydrogens (primary N) is 1. The first kappa shape index (κ1) is 17.1. The van der Waals surface area contributed by atoms with Gasteiger partial charge in [-0.25, -0.2) is 9.97 Å². The van der Waals surface area contributed by atoms with Gasteiger partial charge in [0.1, 0.15) is 11.4 Å². The lowest BCUT2D eigenvalue weighted by molar-refractivity contribution is 0.408. The van der Waals surface area contributed by atoms with Gasteiger partial charge < -0.3 is 15.0 Å². The first-order chi connectivity index (χ1) is 12.9. The molecule has 0 fully saturated rings. The lowest BCUT2D eigenvalue weighted by atomic mass is 10.0. The maximum Gasteiger partial charge on any atom is 0.227 e. The van der Waals surface area contributed by atoms with Crippen molar-refractivity contribution in [2.24, 2.45) is 0 Å². The summed E-state index contributed by atoms with van der Waals surface area (Å²) in [5.41, 5.74) is 9.32. The van der Waals surface area contributed by atoms with Gasteiger partial charge in [-0.05, 0) is 74.9 Å². The minimum Gasteiger partial charge on any atom is -0.438 e. The molecule has 0 aliphatic carbocycles. The number of pyridine rings is 2. The molecule has 0 radical (unpaired) electrons. The fraction of sp³-hybridized carbons (Fsp3) is 0.182. The summed E-state index contributed by atoms with van der Waals surface area (Å²) < 4.78 is 8.23. The van der Waals surface area contributed by atoms with Crippen LogP contribution in [0.4, 0.5) is 5.69 Å². The van der Waals surface area contributed by atoms with Gasteiger partial charge in [0, 0.05) is 40.8 Å². The Bertz CT molecular complexity index is 1090. The minimum absolute atomic E-state index is 0.0500. The summed E-state index contributed by atoms with van der Waals surface area (Å²) in [7, 11) is 0. The molecule has 0 saturated heterocycles. The monoisotopic (exact) mass is 358 g/mol. The second kappa shape index (κ2) is 6.43. The van der Waals surface area contributed by atoms with Crippen molar-refractivity contribution < 1.29 is 4.74 Å². The number of benzene rings is 1. The molecule has 136 valence electrons. The molecule has 4 aromatic rings. The van der Waals surface area contributed by atoms with Crippen molar-refractivity contribution in [3.05, 3.63) is 67.1 Å². The van der Waals surface area contributed by atoms with E-state index in [1.165, 1.54) is 0 Å². The third-order valence-corrected chi connectivity index (χ3v) is 4.47. The molecular formula is C22H22N4O. The molecule has 1 aromatic carbocycles. The Balaban J connectivity index is 1.83. The fourth-order valence-electron chi connectivity index (χ4n) is 3.14. The van der Waals surface area contributed by atoms with E-state index < -0.39 is 0 Å². The molecule has 0 saturated carbocycles. The Morgan fingerprint density at radius 3 is 2.41 bits per heavy atom. The van der Waals surface area contributed by atoms with Crippen LogP contribution in [0.1, 0.15) is 20.8 Å². The second-order valence-electron chi connectivity index (χ2n) is 7.48. The number of fused-ring (bicyclic) bond motifs is 1. The standard InChI is InChI=1S/C22H22N4O/c1-22(2,3)26-14-11-18-17(10-13-24-20(18)26)19-5-4-12-25-21(19)27-16-8-6-15(23)7-9-16/h4-14H,23H2,1-3H3. The van der Waals surface area contributed by atoms with Crippen molar-refractivity contribution in [2.45, 2.75) is 26.3 Å². The molecule has 0 spiro atoms. The van der Waals surface area contributed by atoms with E-state index in [1.54, 1.807) is 6.20 Å². The number of anilines is 1. The first-order valence-electron chi connectivity index (χ1n) is 8.89. The van der Waals surface area contributed by atoms with Crippen molar-refractivity contribution >= 4 is 16.7 Å². The summed E-state index contributed by atoms with van der Waals surface area (Å²) in [5, 5.41) is 1.07. The molecule has 2 N–H and O–H groups in total. The van der Waals surface area contributed by atoms with Crippen molar-refractivity contribution in [1.29, 1.82) is 0 Å². The number of rotatable bonds is 3. The maximum atomic E-state index is 6.05. The maximum absolute atomic E-state index is 6.05. The molecule has 3 aromatic heterocycles. The van der Waals surface area contributed by atoms with E-state index in [0.717, 1.165) is 22.2 Å². The quantitative estimate of drug-likeness (QED) is 0.509. The Morgan fingerprint density at radius 1 is 0.889 bits per heavy atom. The molecule has 0 bridgehead atoms. The van der Waals surface area contributed by atoms with Crippen LogP contribution in [0.25, 0.3) is 22.2 Å². The lowest BCUT2D eigenvalue weighted by Crippen LogP contribution is -2.20. The third kappa shape index (κ3) is 3.24. The summed E-state index contributed by atoms with van der Waals surface area (Å²) in [4.78, 5) is 9.06. The van der Waals surface area contributed by atoms with E-state index in [1.807, 2.05) is 48.7 Å². The van der Waals surface area contributed by atoms with E-state index >= 15 is 0 Å². The van der Waals surface area contributed by atoms with Crippen molar-refractivity contribution in [2.75, 3.05) is 5.73 Å². The van der Waals surface area contributed by atoms with Crippen LogP contribution in [0.3, 0.4) is 0 Å². The van der Waals surface area contributed by atoms with Crippen LogP contribution in [-0.2, 0) is 5.54 Å². The van der Waals surface area contributed by atoms with E-state index in [2.05, 4.69) is 47.6 Å². The van der Waals surface area contributed by atoms with Gasteiger partial charge >= 0.3 is 0 Å². The minimum atomic E-state index is -0.0500. The number of aromatic nitrogens is 3. The van der Waals surface area contributed by atoms with Crippen LogP contribution >= 0.6 is 0 Å². The summed E-state index contributed by atoms with van der Waals surface area (Å²) >= 11 is 0. The molecule has 0 atom stereocenters. The summed E-state index contributed by atoms with van der Waals surface area (Å²) in [6.07, 6.45) is 5.65. The summed E-state index contributed by atoms with van der Waals surface area (Å²) in [6, 6.07) is 15.3. The second-order valence-corrected chi connectivity index (χ2v) is 7.48. The number of nitrogens with zero attached hydrogens (tertiary/aromatic N) is 3. The van der Waals surface area contributed by atoms with Crippen molar-refractivity contribution in [1.82, 2.24) is 14.5 Å². The highest BCUT2D eigenvalue weighted by Crippen LogP contribution is 2.36. The molecule has 4 rings (SSSR count). The van der Waals surface area contributed by atoms with Crippen LogP contribution in [0.2, 0.25) is 0 Å². The van der Waals surface area contributed by atoms with Gasteiger partial charge in [-0.15, -0.1) is 0 Å². The fourth-order valence-corrected chi connectivity index (χ4v) is 3.14. The zero-order valence-electron chi connectivity index (χ0n) is 15.7. The SMILES string of the molecule is CC(C)(C)n1ccc2c(-c3cccnc3Oc3ccc(N)cc3)ccnc21. The average molecular weight is 358 g/mol. The van der Waals surface area contributed by atoms with Crippen LogP contribution in [-0.4, -0.2) is 14.5 Å². The van der Waals surface area contributed by atoms with Crippen LogP contribution in [0.15, 0.2) is 67.1 Å². The highest BCUT2D eigenvalue weighted by atomic mass is 16.5. The predicted octanol–water partition coefficient (Wildman–Crippen LogP) is 5.23. The zero-order valence-corrected chi connectivity index (χ0v) is 15.7. The molecular weight excluding hydrogens is 336 g/mol. The lowest BCUT2D eigenvalue weighted by Gasteiger charge is -2.22. The molecule has 27 heavy (non-hydrogen) atoms. The van der Waals surface area contributed by atoms with Gasteiger partial charge in [-0.1, -0.05) is 0 Å². The van der Waals surface area contributed by atoms with Crippen LogP contribution < -0.4 is 10.5 Å². The molecule has 0 amide bonds. The van der Waals surface area contributed by atoms with Crippen molar-refractivity contribution in [3.8, 4) is 22.8 Å². The van der Waals surface area contributed by atoms with Gasteiger partial charge in [0.05, 0.1) is 0 Å². The summed E-state index contributed by atoms with van der Waals surface area (Å²) in [6.45, 7) is 6.50. The Labute approximate surface area is 158 Å². The van der Waals surface area contributed by atoms with E-state index in [-0.39, 0.29) is 5.54 Å². The highest BCUT2D eigenvalue weighted by molar-refractivity contribution is 5.94. The number of nitrogen functional groups attached to an aromatic ring is 1. The van der Waals surface area contributed by atoms with Gasteiger partial charge in [-0.2, -0.15) is 0 Å². The average Bonchev–Trinajstić information content (AvgIpc) is 3.09. The van der Waals surface area contributed by atoms with E-state index in [9.17, 15) is 0 Å². The largest absolute Gasteiger partial charge is 0.438 e. The Kier molecular flexibility index (Phi) is 4.07. The van der Waals surface area contributed by atoms with E-state index in [0.29, 0.717) is 17.3 Å². The number of hydrogen-bond acceptors (Lipinski definition) is 4. The van der Waals surface area contributed by atoms with Crippen molar-refractivity contribution in [3.63, 3.8) is 0 Å². The molecule has 0 aliphatic rings. The van der Waals surface area contributed by atoms with Crippen LogP contribution in [0.5, 0.6) is 11.6 Å². The third-order valence-electron chi connectivity index (χ3n) is 4.47.